The first-order chi connectivity index (χ1) is 8.49. The van der Waals surface area contributed by atoms with E-state index in [0.717, 1.165) is 24.2 Å². The molecule has 0 aromatic rings. The Morgan fingerprint density at radius 3 is 2.17 bits per heavy atom. The second kappa shape index (κ2) is 6.95. The Hall–Kier alpha value is -1.63. The van der Waals surface area contributed by atoms with E-state index in [1.165, 1.54) is 0 Å². The van der Waals surface area contributed by atoms with Gasteiger partial charge in [0.25, 0.3) is 0 Å². The minimum atomic E-state index is -1.23. The van der Waals surface area contributed by atoms with Crippen LogP contribution in [0, 0.1) is 0 Å². The lowest BCUT2D eigenvalue weighted by molar-refractivity contribution is -0.150. The fourth-order valence-electron chi connectivity index (χ4n) is 1.85. The van der Waals surface area contributed by atoms with Crippen LogP contribution in [-0.2, 0) is 19.1 Å². The van der Waals surface area contributed by atoms with Crippen LogP contribution in [0.1, 0.15) is 25.7 Å². The molecule has 102 valence electrons. The molecule has 0 aromatic heterocycles. The maximum Gasteiger partial charge on any atom is 0.323 e. The average Bonchev–Trinajstić information content (AvgIpc) is 2.28. The van der Waals surface area contributed by atoms with Crippen molar-refractivity contribution >= 4 is 17.8 Å². The molecule has 1 fully saturated rings. The zero-order valence-electron chi connectivity index (χ0n) is 10.0. The highest BCUT2D eigenvalue weighted by Gasteiger charge is 2.24. The molecule has 1 saturated heterocycles. The van der Waals surface area contributed by atoms with E-state index in [4.69, 9.17) is 14.9 Å². The Bertz CT molecular complexity index is 307. The molecule has 1 aliphatic rings. The molecule has 2 N–H and O–H groups in total. The third kappa shape index (κ3) is 5.13. The predicted molar refractivity (Wildman–Crippen MR) is 60.1 cm³/mol. The van der Waals surface area contributed by atoms with Crippen LogP contribution in [0.3, 0.4) is 0 Å². The van der Waals surface area contributed by atoms with Gasteiger partial charge in [0, 0.05) is 6.61 Å². The summed E-state index contributed by atoms with van der Waals surface area (Å²) in [5, 5.41) is 17.3. The average molecular weight is 259 g/mol. The molecule has 7 nitrogen and oxygen atoms in total. The summed E-state index contributed by atoms with van der Waals surface area (Å²) >= 11 is 0. The first-order valence-electron chi connectivity index (χ1n) is 5.82. The number of rotatable bonds is 6. The fourth-order valence-corrected chi connectivity index (χ4v) is 1.85. The van der Waals surface area contributed by atoms with Gasteiger partial charge in [-0.3, -0.25) is 14.4 Å². The van der Waals surface area contributed by atoms with Gasteiger partial charge < -0.3 is 19.8 Å². The van der Waals surface area contributed by atoms with Gasteiger partial charge in [-0.15, -0.1) is 0 Å². The topological polar surface area (TPSA) is 104 Å². The van der Waals surface area contributed by atoms with Gasteiger partial charge in [0.1, 0.15) is 13.1 Å². The summed E-state index contributed by atoms with van der Waals surface area (Å²) in [4.78, 5) is 33.8. The van der Waals surface area contributed by atoms with E-state index in [0.29, 0.717) is 6.61 Å². The lowest BCUT2D eigenvalue weighted by atomic mass is 10.1. The van der Waals surface area contributed by atoms with E-state index in [2.05, 4.69) is 0 Å². The van der Waals surface area contributed by atoms with Crippen molar-refractivity contribution in [2.75, 3.05) is 19.7 Å². The van der Waals surface area contributed by atoms with Crippen molar-refractivity contribution in [2.24, 2.45) is 0 Å². The lowest BCUT2D eigenvalue weighted by Crippen LogP contribution is -2.41. The Morgan fingerprint density at radius 2 is 1.72 bits per heavy atom. The summed E-state index contributed by atoms with van der Waals surface area (Å²) in [6.45, 7) is -0.606. The van der Waals surface area contributed by atoms with Gasteiger partial charge in [-0.2, -0.15) is 0 Å². The van der Waals surface area contributed by atoms with E-state index in [9.17, 15) is 14.4 Å². The normalized spacial score (nSPS) is 19.2. The fraction of sp³-hybridized carbons (Fsp3) is 0.727. The number of ether oxygens (including phenoxy) is 1. The van der Waals surface area contributed by atoms with Gasteiger partial charge >= 0.3 is 11.9 Å². The van der Waals surface area contributed by atoms with E-state index < -0.39 is 30.9 Å². The van der Waals surface area contributed by atoms with Crippen LogP contribution in [0.4, 0.5) is 0 Å². The monoisotopic (exact) mass is 259 g/mol. The summed E-state index contributed by atoms with van der Waals surface area (Å²) < 4.78 is 5.37. The third-order valence-corrected chi connectivity index (χ3v) is 2.68. The molecule has 1 amide bonds. The maximum atomic E-state index is 11.8. The van der Waals surface area contributed by atoms with Gasteiger partial charge in [0.15, 0.2) is 0 Å². The van der Waals surface area contributed by atoms with Crippen molar-refractivity contribution in [3.63, 3.8) is 0 Å². The van der Waals surface area contributed by atoms with Gasteiger partial charge in [0.2, 0.25) is 5.91 Å². The molecule has 0 aliphatic carbocycles. The molecule has 1 aliphatic heterocycles. The molecule has 18 heavy (non-hydrogen) atoms. The predicted octanol–water partition coefficient (Wildman–Crippen LogP) is -0.0566. The van der Waals surface area contributed by atoms with Crippen molar-refractivity contribution in [1.82, 2.24) is 4.90 Å². The first-order valence-corrected chi connectivity index (χ1v) is 5.82. The van der Waals surface area contributed by atoms with E-state index in [1.54, 1.807) is 0 Å². The summed E-state index contributed by atoms with van der Waals surface area (Å²) in [5.74, 6) is -2.95. The lowest BCUT2D eigenvalue weighted by Gasteiger charge is -2.25. The summed E-state index contributed by atoms with van der Waals surface area (Å²) in [7, 11) is 0. The van der Waals surface area contributed by atoms with Crippen LogP contribution < -0.4 is 0 Å². The highest BCUT2D eigenvalue weighted by Crippen LogP contribution is 2.16. The van der Waals surface area contributed by atoms with Crippen molar-refractivity contribution in [3.05, 3.63) is 0 Å². The highest BCUT2D eigenvalue weighted by atomic mass is 16.5. The van der Waals surface area contributed by atoms with Crippen LogP contribution in [0.2, 0.25) is 0 Å². The summed E-state index contributed by atoms with van der Waals surface area (Å²) in [5.41, 5.74) is 0. The molecular formula is C11H17NO6. The van der Waals surface area contributed by atoms with Gasteiger partial charge in [-0.25, -0.2) is 0 Å². The molecule has 1 heterocycles. The van der Waals surface area contributed by atoms with Crippen molar-refractivity contribution in [3.8, 4) is 0 Å². The highest BCUT2D eigenvalue weighted by molar-refractivity contribution is 5.85. The van der Waals surface area contributed by atoms with Gasteiger partial charge in [-0.05, 0) is 19.3 Å². The quantitative estimate of drug-likeness (QED) is 0.692. The Morgan fingerprint density at radius 1 is 1.11 bits per heavy atom. The molecule has 7 heteroatoms. The van der Waals surface area contributed by atoms with Crippen LogP contribution >= 0.6 is 0 Å². The smallest absolute Gasteiger partial charge is 0.323 e. The SMILES string of the molecule is O=C(O)CN(CC(=O)O)C(=O)CC1CCCCO1. The van der Waals surface area contributed by atoms with Crippen LogP contribution in [0.25, 0.3) is 0 Å². The third-order valence-electron chi connectivity index (χ3n) is 2.68. The number of hydrogen-bond donors (Lipinski definition) is 2. The molecule has 1 atom stereocenters. The van der Waals surface area contributed by atoms with Crippen LogP contribution in [-0.4, -0.2) is 58.8 Å². The largest absolute Gasteiger partial charge is 0.480 e. The maximum absolute atomic E-state index is 11.8. The molecule has 0 spiro atoms. The second-order valence-corrected chi connectivity index (χ2v) is 4.23. The minimum absolute atomic E-state index is 0.0422. The molecular weight excluding hydrogens is 242 g/mol. The van der Waals surface area contributed by atoms with Crippen LogP contribution in [0.15, 0.2) is 0 Å². The summed E-state index contributed by atoms with van der Waals surface area (Å²) in [6, 6.07) is 0. The van der Waals surface area contributed by atoms with Gasteiger partial charge in [0.05, 0.1) is 12.5 Å². The zero-order chi connectivity index (χ0) is 13.5. The number of carbonyl (C=O) groups excluding carboxylic acids is 1. The number of amides is 1. The molecule has 0 radical (unpaired) electrons. The molecule has 0 aromatic carbocycles. The zero-order valence-corrected chi connectivity index (χ0v) is 10.0. The van der Waals surface area contributed by atoms with Crippen molar-refractivity contribution in [1.29, 1.82) is 0 Å². The molecule has 1 unspecified atom stereocenters. The van der Waals surface area contributed by atoms with Crippen molar-refractivity contribution < 1.29 is 29.3 Å². The second-order valence-electron chi connectivity index (χ2n) is 4.23. The Kier molecular flexibility index (Phi) is 5.57. The van der Waals surface area contributed by atoms with E-state index in [-0.39, 0.29) is 12.5 Å². The minimum Gasteiger partial charge on any atom is -0.480 e. The number of carboxylic acid groups (broad SMARTS) is 2. The Balaban J connectivity index is 2.51. The number of aliphatic carboxylic acids is 2. The number of hydrogen-bond acceptors (Lipinski definition) is 4. The number of nitrogens with zero attached hydrogens (tertiary/aromatic N) is 1. The standard InChI is InChI=1S/C11H17NO6/c13-9(5-8-3-1-2-4-18-8)12(6-10(14)15)7-11(16)17/h8H,1-7H2,(H,14,15)(H,16,17). The number of carboxylic acids is 2. The Labute approximate surface area is 104 Å². The summed E-state index contributed by atoms with van der Waals surface area (Å²) in [6.07, 6.45) is 2.49. The van der Waals surface area contributed by atoms with Crippen LogP contribution in [0.5, 0.6) is 0 Å². The first kappa shape index (κ1) is 14.4. The molecule has 1 rings (SSSR count). The number of carbonyl (C=O) groups is 3. The molecule has 0 bridgehead atoms. The van der Waals surface area contributed by atoms with Gasteiger partial charge in [-0.1, -0.05) is 0 Å². The van der Waals surface area contributed by atoms with E-state index >= 15 is 0 Å². The molecule has 0 saturated carbocycles. The van der Waals surface area contributed by atoms with E-state index in [1.807, 2.05) is 0 Å². The van der Waals surface area contributed by atoms with Crippen molar-refractivity contribution in [2.45, 2.75) is 31.8 Å².